The van der Waals surface area contributed by atoms with Crippen molar-refractivity contribution in [2.75, 3.05) is 19.6 Å². The normalized spacial score (nSPS) is 22.3. The molecule has 0 bridgehead atoms. The largest absolute Gasteiger partial charge is 0.338 e. The second-order valence-electron chi connectivity index (χ2n) is 5.60. The summed E-state index contributed by atoms with van der Waals surface area (Å²) in [6, 6.07) is 0.580. The summed E-state index contributed by atoms with van der Waals surface area (Å²) in [4.78, 5) is 6.70. The third-order valence-electron chi connectivity index (χ3n) is 3.25. The molecule has 1 atom stereocenters. The van der Waals surface area contributed by atoms with E-state index in [1.165, 1.54) is 12.8 Å². The minimum atomic E-state index is 0.580. The van der Waals surface area contributed by atoms with Crippen LogP contribution in [-0.2, 0) is 6.54 Å². The fourth-order valence-corrected chi connectivity index (χ4v) is 2.54. The summed E-state index contributed by atoms with van der Waals surface area (Å²) >= 11 is 0. The maximum Gasteiger partial charge on any atom is 0.240 e. The summed E-state index contributed by atoms with van der Waals surface area (Å²) in [5, 5.41) is 7.47. The van der Waals surface area contributed by atoms with E-state index in [-0.39, 0.29) is 0 Å². The van der Waals surface area contributed by atoms with Crippen LogP contribution in [0.15, 0.2) is 4.52 Å². The molecule has 0 amide bonds. The highest BCUT2D eigenvalue weighted by molar-refractivity contribution is 4.85. The van der Waals surface area contributed by atoms with Crippen molar-refractivity contribution in [3.63, 3.8) is 0 Å². The monoisotopic (exact) mass is 252 g/mol. The van der Waals surface area contributed by atoms with E-state index in [0.717, 1.165) is 43.8 Å². The second-order valence-corrected chi connectivity index (χ2v) is 5.60. The first-order valence-corrected chi connectivity index (χ1v) is 6.88. The highest BCUT2D eigenvalue weighted by Crippen LogP contribution is 2.12. The van der Waals surface area contributed by atoms with Gasteiger partial charge in [-0.2, -0.15) is 4.98 Å². The molecule has 0 aromatic carbocycles. The molecule has 0 radical (unpaired) electrons. The Kier molecular flexibility index (Phi) is 4.72. The van der Waals surface area contributed by atoms with Gasteiger partial charge in [-0.25, -0.2) is 0 Å². The Morgan fingerprint density at radius 2 is 2.33 bits per heavy atom. The van der Waals surface area contributed by atoms with E-state index >= 15 is 0 Å². The molecule has 1 unspecified atom stereocenters. The van der Waals surface area contributed by atoms with Crippen LogP contribution in [0.3, 0.4) is 0 Å². The SMILES string of the molecule is Cc1noc(CN2CCCNC(CC(C)C)C2)n1. The van der Waals surface area contributed by atoms with Crippen LogP contribution in [0.1, 0.15) is 38.4 Å². The molecule has 1 aliphatic rings. The lowest BCUT2D eigenvalue weighted by atomic mass is 10.0. The number of aryl methyl sites for hydroxylation is 1. The van der Waals surface area contributed by atoms with Crippen LogP contribution in [0.4, 0.5) is 0 Å². The van der Waals surface area contributed by atoms with Gasteiger partial charge in [0.05, 0.1) is 6.54 Å². The molecular weight excluding hydrogens is 228 g/mol. The van der Waals surface area contributed by atoms with Crippen molar-refractivity contribution < 1.29 is 4.52 Å². The van der Waals surface area contributed by atoms with Gasteiger partial charge in [0.1, 0.15) is 0 Å². The van der Waals surface area contributed by atoms with Gasteiger partial charge in [-0.15, -0.1) is 0 Å². The molecule has 0 aliphatic carbocycles. The van der Waals surface area contributed by atoms with Crippen molar-refractivity contribution in [1.82, 2.24) is 20.4 Å². The predicted molar refractivity (Wildman–Crippen MR) is 70.2 cm³/mol. The van der Waals surface area contributed by atoms with E-state index < -0.39 is 0 Å². The first kappa shape index (κ1) is 13.5. The van der Waals surface area contributed by atoms with Gasteiger partial charge in [0.25, 0.3) is 0 Å². The van der Waals surface area contributed by atoms with Gasteiger partial charge in [0.2, 0.25) is 5.89 Å². The fraction of sp³-hybridized carbons (Fsp3) is 0.846. The fourth-order valence-electron chi connectivity index (χ4n) is 2.54. The summed E-state index contributed by atoms with van der Waals surface area (Å²) in [5.74, 6) is 2.18. The molecular formula is C13H24N4O. The maximum absolute atomic E-state index is 5.20. The van der Waals surface area contributed by atoms with E-state index in [9.17, 15) is 0 Å². The summed E-state index contributed by atoms with van der Waals surface area (Å²) in [5.41, 5.74) is 0. The van der Waals surface area contributed by atoms with E-state index in [1.807, 2.05) is 6.92 Å². The molecule has 1 saturated heterocycles. The second kappa shape index (κ2) is 6.29. The minimum absolute atomic E-state index is 0.580. The smallest absolute Gasteiger partial charge is 0.240 e. The first-order valence-electron chi connectivity index (χ1n) is 6.88. The standard InChI is InChI=1S/C13H24N4O/c1-10(2)7-12-8-17(6-4-5-14-12)9-13-15-11(3)16-18-13/h10,12,14H,4-9H2,1-3H3. The molecule has 102 valence electrons. The van der Waals surface area contributed by atoms with Crippen molar-refractivity contribution >= 4 is 0 Å². The Balaban J connectivity index is 1.90. The van der Waals surface area contributed by atoms with Gasteiger partial charge < -0.3 is 9.84 Å². The average Bonchev–Trinajstić information content (AvgIpc) is 2.56. The van der Waals surface area contributed by atoms with Crippen LogP contribution in [-0.4, -0.2) is 40.7 Å². The average molecular weight is 252 g/mol. The summed E-state index contributed by atoms with van der Waals surface area (Å²) < 4.78 is 5.20. The molecule has 2 rings (SSSR count). The molecule has 18 heavy (non-hydrogen) atoms. The zero-order valence-electron chi connectivity index (χ0n) is 11.6. The number of hydrogen-bond acceptors (Lipinski definition) is 5. The molecule has 5 heteroatoms. The Morgan fingerprint density at radius 1 is 1.50 bits per heavy atom. The van der Waals surface area contributed by atoms with Gasteiger partial charge in [0, 0.05) is 12.6 Å². The quantitative estimate of drug-likeness (QED) is 0.882. The van der Waals surface area contributed by atoms with E-state index in [0.29, 0.717) is 6.04 Å². The number of rotatable bonds is 4. The molecule has 1 aromatic heterocycles. The number of aromatic nitrogens is 2. The molecule has 2 heterocycles. The number of hydrogen-bond donors (Lipinski definition) is 1. The van der Waals surface area contributed by atoms with Crippen LogP contribution >= 0.6 is 0 Å². The van der Waals surface area contributed by atoms with Crippen molar-refractivity contribution in [1.29, 1.82) is 0 Å². The zero-order chi connectivity index (χ0) is 13.0. The lowest BCUT2D eigenvalue weighted by molar-refractivity contribution is 0.215. The summed E-state index contributed by atoms with van der Waals surface area (Å²) in [6.07, 6.45) is 2.40. The van der Waals surface area contributed by atoms with Crippen LogP contribution in [0, 0.1) is 12.8 Å². The van der Waals surface area contributed by atoms with Crippen LogP contribution < -0.4 is 5.32 Å². The predicted octanol–water partition coefficient (Wildman–Crippen LogP) is 1.59. The first-order chi connectivity index (χ1) is 8.63. The Labute approximate surface area is 109 Å². The maximum atomic E-state index is 5.20. The summed E-state index contributed by atoms with van der Waals surface area (Å²) in [7, 11) is 0. The van der Waals surface area contributed by atoms with Gasteiger partial charge in [-0.3, -0.25) is 4.90 Å². The molecule has 1 aliphatic heterocycles. The van der Waals surface area contributed by atoms with E-state index in [4.69, 9.17) is 4.52 Å². The van der Waals surface area contributed by atoms with Gasteiger partial charge >= 0.3 is 0 Å². The topological polar surface area (TPSA) is 54.2 Å². The van der Waals surface area contributed by atoms with Gasteiger partial charge in [0.15, 0.2) is 5.82 Å². The van der Waals surface area contributed by atoms with Crippen molar-refractivity contribution in [3.8, 4) is 0 Å². The molecule has 0 spiro atoms. The lowest BCUT2D eigenvalue weighted by Crippen LogP contribution is -2.38. The Hall–Kier alpha value is -0.940. The van der Waals surface area contributed by atoms with Crippen LogP contribution in [0.5, 0.6) is 0 Å². The Morgan fingerprint density at radius 3 is 3.00 bits per heavy atom. The van der Waals surface area contributed by atoms with Crippen LogP contribution in [0.25, 0.3) is 0 Å². The van der Waals surface area contributed by atoms with Crippen molar-refractivity contribution in [2.24, 2.45) is 5.92 Å². The van der Waals surface area contributed by atoms with Gasteiger partial charge in [-0.1, -0.05) is 19.0 Å². The third kappa shape index (κ3) is 4.07. The Bertz CT molecular complexity index is 364. The van der Waals surface area contributed by atoms with E-state index in [1.54, 1.807) is 0 Å². The molecule has 1 aromatic rings. The van der Waals surface area contributed by atoms with Crippen molar-refractivity contribution in [2.45, 2.75) is 46.2 Å². The van der Waals surface area contributed by atoms with Gasteiger partial charge in [-0.05, 0) is 38.8 Å². The minimum Gasteiger partial charge on any atom is -0.338 e. The molecule has 1 fully saturated rings. The molecule has 1 N–H and O–H groups in total. The third-order valence-corrected chi connectivity index (χ3v) is 3.25. The highest BCUT2D eigenvalue weighted by atomic mass is 16.5. The zero-order valence-corrected chi connectivity index (χ0v) is 11.6. The summed E-state index contributed by atoms with van der Waals surface area (Å²) in [6.45, 7) is 10.5. The lowest BCUT2D eigenvalue weighted by Gasteiger charge is -2.24. The van der Waals surface area contributed by atoms with E-state index in [2.05, 4.69) is 34.2 Å². The molecule has 0 saturated carbocycles. The van der Waals surface area contributed by atoms with Crippen LogP contribution in [0.2, 0.25) is 0 Å². The highest BCUT2D eigenvalue weighted by Gasteiger charge is 2.20. The van der Waals surface area contributed by atoms with Crippen molar-refractivity contribution in [3.05, 3.63) is 11.7 Å². The number of nitrogens with one attached hydrogen (secondary N) is 1. The molecule has 5 nitrogen and oxygen atoms in total. The number of nitrogens with zero attached hydrogens (tertiary/aromatic N) is 3.